The molecule has 0 aliphatic carbocycles. The van der Waals surface area contributed by atoms with Crippen molar-refractivity contribution >= 4 is 17.6 Å². The average Bonchev–Trinajstić information content (AvgIpc) is 2.38. The number of rotatable bonds is 3. The Bertz CT molecular complexity index is 519. The molecule has 1 aliphatic heterocycles. The van der Waals surface area contributed by atoms with E-state index >= 15 is 0 Å². The smallest absolute Gasteiger partial charge is 0.335 e. The van der Waals surface area contributed by atoms with Crippen molar-refractivity contribution in [2.75, 3.05) is 18.0 Å². The van der Waals surface area contributed by atoms with E-state index in [0.29, 0.717) is 19.5 Å². The standard InChI is InChI=1S/C13H15FN2O3/c1-2-10-12(17)15-5-6-16(10)11-4-3-8(13(18)19)7-9(11)14/h3-4,7,10H,2,5-6H2,1H3,(H,15,17)(H,18,19). The van der Waals surface area contributed by atoms with Gasteiger partial charge in [0.2, 0.25) is 5.91 Å². The maximum Gasteiger partial charge on any atom is 0.335 e. The van der Waals surface area contributed by atoms with Gasteiger partial charge in [-0.15, -0.1) is 0 Å². The Labute approximate surface area is 110 Å². The summed E-state index contributed by atoms with van der Waals surface area (Å²) in [6.07, 6.45) is 0.561. The molecule has 1 aromatic carbocycles. The molecule has 0 saturated carbocycles. The molecule has 0 spiro atoms. The summed E-state index contributed by atoms with van der Waals surface area (Å²) in [7, 11) is 0. The lowest BCUT2D eigenvalue weighted by atomic mass is 10.1. The summed E-state index contributed by atoms with van der Waals surface area (Å²) in [5.41, 5.74) is 0.169. The third kappa shape index (κ3) is 2.52. The quantitative estimate of drug-likeness (QED) is 0.863. The number of amides is 1. The van der Waals surface area contributed by atoms with Gasteiger partial charge in [-0.25, -0.2) is 9.18 Å². The number of carboxylic acids is 1. The summed E-state index contributed by atoms with van der Waals surface area (Å²) in [5.74, 6) is -1.92. The van der Waals surface area contributed by atoms with Crippen molar-refractivity contribution in [2.45, 2.75) is 19.4 Å². The van der Waals surface area contributed by atoms with E-state index in [2.05, 4.69) is 5.32 Å². The molecule has 1 saturated heterocycles. The number of carbonyl (C=O) groups is 2. The van der Waals surface area contributed by atoms with Crippen molar-refractivity contribution in [3.05, 3.63) is 29.6 Å². The van der Waals surface area contributed by atoms with Crippen LogP contribution < -0.4 is 10.2 Å². The highest BCUT2D eigenvalue weighted by Gasteiger charge is 2.29. The van der Waals surface area contributed by atoms with Gasteiger partial charge >= 0.3 is 5.97 Å². The van der Waals surface area contributed by atoms with Gasteiger partial charge in [-0.1, -0.05) is 6.92 Å². The zero-order valence-electron chi connectivity index (χ0n) is 10.5. The first-order chi connectivity index (χ1) is 9.04. The van der Waals surface area contributed by atoms with Gasteiger partial charge in [-0.05, 0) is 24.6 Å². The largest absolute Gasteiger partial charge is 0.478 e. The molecule has 1 aromatic rings. The van der Waals surface area contributed by atoms with Crippen LogP contribution >= 0.6 is 0 Å². The Hall–Kier alpha value is -2.11. The second kappa shape index (κ2) is 5.26. The molecule has 2 N–H and O–H groups in total. The minimum atomic E-state index is -1.17. The van der Waals surface area contributed by atoms with Crippen molar-refractivity contribution in [3.63, 3.8) is 0 Å². The second-order valence-corrected chi connectivity index (χ2v) is 4.38. The molecule has 0 bridgehead atoms. The van der Waals surface area contributed by atoms with Gasteiger partial charge in [0.1, 0.15) is 11.9 Å². The second-order valence-electron chi connectivity index (χ2n) is 4.38. The molecule has 6 heteroatoms. The van der Waals surface area contributed by atoms with Crippen molar-refractivity contribution < 1.29 is 19.1 Å². The number of aromatic carboxylic acids is 1. The molecular formula is C13H15FN2O3. The number of piperazine rings is 1. The Kier molecular flexibility index (Phi) is 3.69. The fourth-order valence-corrected chi connectivity index (χ4v) is 2.28. The fraction of sp³-hybridized carbons (Fsp3) is 0.385. The van der Waals surface area contributed by atoms with E-state index in [-0.39, 0.29) is 17.2 Å². The van der Waals surface area contributed by atoms with Crippen LogP contribution in [0.15, 0.2) is 18.2 Å². The zero-order chi connectivity index (χ0) is 14.0. The van der Waals surface area contributed by atoms with Gasteiger partial charge in [0.25, 0.3) is 0 Å². The number of halogens is 1. The van der Waals surface area contributed by atoms with Gasteiger partial charge in [0, 0.05) is 13.1 Å². The van der Waals surface area contributed by atoms with E-state index in [1.54, 1.807) is 4.90 Å². The van der Waals surface area contributed by atoms with E-state index in [9.17, 15) is 14.0 Å². The number of carboxylic acid groups (broad SMARTS) is 1. The highest BCUT2D eigenvalue weighted by Crippen LogP contribution is 2.25. The lowest BCUT2D eigenvalue weighted by Gasteiger charge is -2.36. The molecule has 5 nitrogen and oxygen atoms in total. The van der Waals surface area contributed by atoms with Gasteiger partial charge in [-0.2, -0.15) is 0 Å². The molecule has 1 unspecified atom stereocenters. The van der Waals surface area contributed by atoms with E-state index in [1.165, 1.54) is 12.1 Å². The molecule has 2 rings (SSSR count). The van der Waals surface area contributed by atoms with E-state index in [1.807, 2.05) is 6.92 Å². The van der Waals surface area contributed by atoms with Crippen molar-refractivity contribution in [1.82, 2.24) is 5.32 Å². The fourth-order valence-electron chi connectivity index (χ4n) is 2.28. The molecule has 1 atom stereocenters. The zero-order valence-corrected chi connectivity index (χ0v) is 10.5. The Morgan fingerprint density at radius 1 is 1.58 bits per heavy atom. The highest BCUT2D eigenvalue weighted by atomic mass is 19.1. The minimum Gasteiger partial charge on any atom is -0.478 e. The van der Waals surface area contributed by atoms with Crippen molar-refractivity contribution in [3.8, 4) is 0 Å². The van der Waals surface area contributed by atoms with Gasteiger partial charge in [0.05, 0.1) is 11.3 Å². The van der Waals surface area contributed by atoms with Crippen molar-refractivity contribution in [1.29, 1.82) is 0 Å². The van der Waals surface area contributed by atoms with Crippen LogP contribution in [0.3, 0.4) is 0 Å². The Morgan fingerprint density at radius 2 is 2.32 bits per heavy atom. The molecule has 0 radical (unpaired) electrons. The van der Waals surface area contributed by atoms with Crippen LogP contribution in [0.1, 0.15) is 23.7 Å². The highest BCUT2D eigenvalue weighted by molar-refractivity contribution is 5.89. The number of carbonyl (C=O) groups excluding carboxylic acids is 1. The van der Waals surface area contributed by atoms with Crippen LogP contribution in [0.25, 0.3) is 0 Å². The van der Waals surface area contributed by atoms with Gasteiger partial charge < -0.3 is 15.3 Å². The van der Waals surface area contributed by atoms with Crippen LogP contribution in [0.5, 0.6) is 0 Å². The normalized spacial score (nSPS) is 19.2. The lowest BCUT2D eigenvalue weighted by Crippen LogP contribution is -2.55. The van der Waals surface area contributed by atoms with Crippen LogP contribution in [-0.4, -0.2) is 36.1 Å². The summed E-state index contributed by atoms with van der Waals surface area (Å²) in [6, 6.07) is 3.33. The first-order valence-electron chi connectivity index (χ1n) is 6.11. The summed E-state index contributed by atoms with van der Waals surface area (Å²) in [5, 5.41) is 11.5. The molecule has 0 aromatic heterocycles. The first-order valence-corrected chi connectivity index (χ1v) is 6.11. The number of anilines is 1. The predicted molar refractivity (Wildman–Crippen MR) is 67.8 cm³/mol. The molecule has 1 fully saturated rings. The van der Waals surface area contributed by atoms with Crippen LogP contribution in [-0.2, 0) is 4.79 Å². The third-order valence-electron chi connectivity index (χ3n) is 3.22. The summed E-state index contributed by atoms with van der Waals surface area (Å²) in [4.78, 5) is 24.2. The number of nitrogens with zero attached hydrogens (tertiary/aromatic N) is 1. The van der Waals surface area contributed by atoms with E-state index in [0.717, 1.165) is 6.07 Å². The topological polar surface area (TPSA) is 69.6 Å². The van der Waals surface area contributed by atoms with E-state index < -0.39 is 17.8 Å². The maximum absolute atomic E-state index is 14.0. The van der Waals surface area contributed by atoms with Gasteiger partial charge in [0.15, 0.2) is 0 Å². The molecule has 102 valence electrons. The number of hydrogen-bond donors (Lipinski definition) is 2. The SMILES string of the molecule is CCC1C(=O)NCCN1c1ccc(C(=O)O)cc1F. The average molecular weight is 266 g/mol. The molecule has 1 aliphatic rings. The third-order valence-corrected chi connectivity index (χ3v) is 3.22. The number of benzene rings is 1. The van der Waals surface area contributed by atoms with Crippen LogP contribution in [0.4, 0.5) is 10.1 Å². The summed E-state index contributed by atoms with van der Waals surface area (Å²) < 4.78 is 14.0. The van der Waals surface area contributed by atoms with Gasteiger partial charge in [-0.3, -0.25) is 4.79 Å². The maximum atomic E-state index is 14.0. The summed E-state index contributed by atoms with van der Waals surface area (Å²) in [6.45, 7) is 2.81. The molecule has 1 amide bonds. The molecule has 1 heterocycles. The lowest BCUT2D eigenvalue weighted by molar-refractivity contribution is -0.123. The van der Waals surface area contributed by atoms with Crippen LogP contribution in [0, 0.1) is 5.82 Å². The number of nitrogens with one attached hydrogen (secondary N) is 1. The number of hydrogen-bond acceptors (Lipinski definition) is 3. The minimum absolute atomic E-state index is 0.101. The monoisotopic (exact) mass is 266 g/mol. The van der Waals surface area contributed by atoms with Crippen molar-refractivity contribution in [2.24, 2.45) is 0 Å². The summed E-state index contributed by atoms with van der Waals surface area (Å²) >= 11 is 0. The Balaban J connectivity index is 2.35. The van der Waals surface area contributed by atoms with Crippen LogP contribution in [0.2, 0.25) is 0 Å². The molecule has 19 heavy (non-hydrogen) atoms. The first kappa shape index (κ1) is 13.3. The van der Waals surface area contributed by atoms with E-state index in [4.69, 9.17) is 5.11 Å². The Morgan fingerprint density at radius 3 is 2.89 bits per heavy atom. The molecular weight excluding hydrogens is 251 g/mol. The predicted octanol–water partition coefficient (Wildman–Crippen LogP) is 1.24.